The highest BCUT2D eigenvalue weighted by atomic mass is 35.5. The van der Waals surface area contributed by atoms with Crippen LogP contribution in [0, 0.1) is 5.82 Å². The first kappa shape index (κ1) is 29.1. The summed E-state index contributed by atoms with van der Waals surface area (Å²) in [5, 5.41) is 3.36. The van der Waals surface area contributed by atoms with Gasteiger partial charge in [0.05, 0.1) is 10.6 Å². The first-order valence-corrected chi connectivity index (χ1v) is 14.1. The van der Waals surface area contributed by atoms with Crippen molar-refractivity contribution in [1.29, 1.82) is 0 Å². The highest BCUT2D eigenvalue weighted by Crippen LogP contribution is 2.25. The fourth-order valence-electron chi connectivity index (χ4n) is 3.76. The molecule has 0 heterocycles. The van der Waals surface area contributed by atoms with Crippen LogP contribution in [0.1, 0.15) is 32.3 Å². The third kappa shape index (κ3) is 7.55. The van der Waals surface area contributed by atoms with Crippen LogP contribution >= 0.6 is 11.6 Å². The number of unbranched alkanes of at least 4 members (excludes halogenated alkanes) is 1. The summed E-state index contributed by atoms with van der Waals surface area (Å²) in [4.78, 5) is 28.0. The number of nitrogens with zero attached hydrogens (tertiary/aromatic N) is 2. The van der Waals surface area contributed by atoms with Gasteiger partial charge in [0, 0.05) is 18.1 Å². The minimum atomic E-state index is -4.19. The lowest BCUT2D eigenvalue weighted by Gasteiger charge is -2.32. The Balaban J connectivity index is 1.97. The summed E-state index contributed by atoms with van der Waals surface area (Å²) in [6.07, 6.45) is 1.68. The number of hydrogen-bond acceptors (Lipinski definition) is 4. The van der Waals surface area contributed by atoms with Crippen LogP contribution < -0.4 is 9.62 Å². The second kappa shape index (κ2) is 13.4. The van der Waals surface area contributed by atoms with Crippen molar-refractivity contribution in [2.75, 3.05) is 17.4 Å². The molecule has 0 bridgehead atoms. The van der Waals surface area contributed by atoms with Gasteiger partial charge >= 0.3 is 0 Å². The van der Waals surface area contributed by atoms with E-state index >= 15 is 0 Å². The minimum Gasteiger partial charge on any atom is -0.354 e. The third-order valence-corrected chi connectivity index (χ3v) is 8.03. The van der Waals surface area contributed by atoms with Crippen molar-refractivity contribution < 1.29 is 22.4 Å². The van der Waals surface area contributed by atoms with Gasteiger partial charge in [0.2, 0.25) is 11.8 Å². The number of amides is 2. The molecule has 202 valence electrons. The van der Waals surface area contributed by atoms with Crippen LogP contribution in [-0.2, 0) is 26.2 Å². The molecule has 2 amide bonds. The van der Waals surface area contributed by atoms with Crippen molar-refractivity contribution in [1.82, 2.24) is 10.2 Å². The lowest BCUT2D eigenvalue weighted by atomic mass is 10.1. The van der Waals surface area contributed by atoms with Crippen molar-refractivity contribution in [3.8, 4) is 0 Å². The van der Waals surface area contributed by atoms with Crippen molar-refractivity contribution in [2.45, 2.75) is 44.2 Å². The summed E-state index contributed by atoms with van der Waals surface area (Å²) in [5.41, 5.74) is 0.838. The molecule has 1 atom stereocenters. The zero-order valence-electron chi connectivity index (χ0n) is 21.3. The Morgan fingerprint density at radius 1 is 0.974 bits per heavy atom. The number of nitrogens with one attached hydrogen (secondary N) is 1. The number of halogens is 2. The molecule has 0 radical (unpaired) electrons. The predicted molar refractivity (Wildman–Crippen MR) is 147 cm³/mol. The Labute approximate surface area is 228 Å². The van der Waals surface area contributed by atoms with Gasteiger partial charge in [-0.3, -0.25) is 13.9 Å². The van der Waals surface area contributed by atoms with E-state index in [1.165, 1.54) is 29.2 Å². The summed E-state index contributed by atoms with van der Waals surface area (Å²) < 4.78 is 41.8. The lowest BCUT2D eigenvalue weighted by Crippen LogP contribution is -2.51. The first-order valence-electron chi connectivity index (χ1n) is 12.3. The number of carbonyl (C=O) groups excluding carboxylic acids is 2. The van der Waals surface area contributed by atoms with Gasteiger partial charge < -0.3 is 10.2 Å². The van der Waals surface area contributed by atoms with Crippen LogP contribution in [0.25, 0.3) is 0 Å². The van der Waals surface area contributed by atoms with E-state index in [4.69, 9.17) is 11.6 Å². The normalized spacial score (nSPS) is 12.0. The van der Waals surface area contributed by atoms with E-state index in [-0.39, 0.29) is 23.0 Å². The number of carbonyl (C=O) groups is 2. The molecule has 0 aliphatic carbocycles. The molecule has 3 aromatic rings. The van der Waals surface area contributed by atoms with Crippen LogP contribution in [0.3, 0.4) is 0 Å². The molecule has 0 unspecified atom stereocenters. The van der Waals surface area contributed by atoms with Gasteiger partial charge in [-0.1, -0.05) is 55.3 Å². The molecule has 0 saturated carbocycles. The maximum atomic E-state index is 13.8. The zero-order valence-corrected chi connectivity index (χ0v) is 22.9. The molecule has 38 heavy (non-hydrogen) atoms. The quantitative estimate of drug-likeness (QED) is 0.316. The summed E-state index contributed by atoms with van der Waals surface area (Å²) in [6.45, 7) is 3.53. The average molecular weight is 560 g/mol. The largest absolute Gasteiger partial charge is 0.354 e. The average Bonchev–Trinajstić information content (AvgIpc) is 2.92. The molecule has 0 aliphatic rings. The Kier molecular flexibility index (Phi) is 10.3. The van der Waals surface area contributed by atoms with E-state index in [1.807, 2.05) is 6.92 Å². The van der Waals surface area contributed by atoms with Gasteiger partial charge in [-0.05, 0) is 67.4 Å². The summed E-state index contributed by atoms with van der Waals surface area (Å²) in [5.74, 6) is -1.49. The van der Waals surface area contributed by atoms with Crippen LogP contribution in [0.2, 0.25) is 5.02 Å². The maximum absolute atomic E-state index is 13.8. The van der Waals surface area contributed by atoms with Crippen LogP contribution in [0.4, 0.5) is 10.1 Å². The van der Waals surface area contributed by atoms with E-state index < -0.39 is 34.3 Å². The highest BCUT2D eigenvalue weighted by Gasteiger charge is 2.32. The van der Waals surface area contributed by atoms with Crippen LogP contribution in [0.15, 0.2) is 83.8 Å². The number of rotatable bonds is 12. The van der Waals surface area contributed by atoms with Crippen molar-refractivity contribution in [2.24, 2.45) is 0 Å². The van der Waals surface area contributed by atoms with E-state index in [2.05, 4.69) is 5.32 Å². The number of hydrogen-bond donors (Lipinski definition) is 1. The molecular weight excluding hydrogens is 529 g/mol. The Morgan fingerprint density at radius 2 is 1.61 bits per heavy atom. The van der Waals surface area contributed by atoms with Crippen LogP contribution in [-0.4, -0.2) is 44.3 Å². The third-order valence-electron chi connectivity index (χ3n) is 5.99. The minimum absolute atomic E-state index is 0.0215. The molecule has 0 saturated heterocycles. The molecule has 3 aromatic carbocycles. The fourth-order valence-corrected chi connectivity index (χ4v) is 5.32. The van der Waals surface area contributed by atoms with Gasteiger partial charge in [-0.2, -0.15) is 0 Å². The molecule has 0 aliphatic heterocycles. The fraction of sp³-hybridized carbons (Fsp3) is 0.286. The molecule has 7 nitrogen and oxygen atoms in total. The van der Waals surface area contributed by atoms with Crippen LogP contribution in [0.5, 0.6) is 0 Å². The Morgan fingerprint density at radius 3 is 2.21 bits per heavy atom. The van der Waals surface area contributed by atoms with E-state index in [1.54, 1.807) is 49.4 Å². The molecule has 10 heteroatoms. The first-order chi connectivity index (χ1) is 18.1. The monoisotopic (exact) mass is 559 g/mol. The second-order valence-electron chi connectivity index (χ2n) is 8.77. The second-order valence-corrected chi connectivity index (χ2v) is 11.1. The molecule has 0 fully saturated rings. The highest BCUT2D eigenvalue weighted by molar-refractivity contribution is 7.92. The Bertz CT molecular complexity index is 1320. The number of anilines is 1. The number of sulfonamides is 1. The summed E-state index contributed by atoms with van der Waals surface area (Å²) in [6, 6.07) is 18.5. The topological polar surface area (TPSA) is 86.8 Å². The maximum Gasteiger partial charge on any atom is 0.264 e. The zero-order chi connectivity index (χ0) is 27.7. The number of benzene rings is 3. The van der Waals surface area contributed by atoms with Crippen molar-refractivity contribution >= 4 is 39.1 Å². The smallest absolute Gasteiger partial charge is 0.264 e. The molecule has 0 spiro atoms. The van der Waals surface area contributed by atoms with Gasteiger partial charge in [0.25, 0.3) is 10.0 Å². The summed E-state index contributed by atoms with van der Waals surface area (Å²) >= 11 is 6.01. The molecule has 0 aromatic heterocycles. The molecule has 3 rings (SSSR count). The van der Waals surface area contributed by atoms with E-state index in [0.29, 0.717) is 11.6 Å². The van der Waals surface area contributed by atoms with Gasteiger partial charge in [-0.25, -0.2) is 12.8 Å². The van der Waals surface area contributed by atoms with Gasteiger partial charge in [0.1, 0.15) is 18.4 Å². The van der Waals surface area contributed by atoms with E-state index in [0.717, 1.165) is 34.8 Å². The van der Waals surface area contributed by atoms with E-state index in [9.17, 15) is 22.4 Å². The van der Waals surface area contributed by atoms with Gasteiger partial charge in [-0.15, -0.1) is 0 Å². The lowest BCUT2D eigenvalue weighted by molar-refractivity contribution is -0.139. The van der Waals surface area contributed by atoms with Crippen molar-refractivity contribution in [3.63, 3.8) is 0 Å². The SMILES string of the molecule is CCCCNC(=O)[C@@H](C)N(Cc1ccc(Cl)cc1)C(=O)CN(c1ccc(F)cc1)S(=O)(=O)c1ccccc1. The summed E-state index contributed by atoms with van der Waals surface area (Å²) in [7, 11) is -4.19. The molecule has 1 N–H and O–H groups in total. The van der Waals surface area contributed by atoms with Crippen molar-refractivity contribution in [3.05, 3.63) is 95.3 Å². The molecular formula is C28H31ClFN3O4S. The Hall–Kier alpha value is -3.43. The standard InChI is InChI=1S/C28H31ClFN3O4S/c1-3-4-18-31-28(35)21(2)32(19-22-10-12-23(29)13-11-22)27(34)20-33(25-16-14-24(30)15-17-25)38(36,37)26-8-6-5-7-9-26/h5-17,21H,3-4,18-20H2,1-2H3,(H,31,35)/t21-/m1/s1. The predicted octanol–water partition coefficient (Wildman–Crippen LogP) is 5.01. The van der Waals surface area contributed by atoms with Gasteiger partial charge in [0.15, 0.2) is 0 Å².